The second-order valence-corrected chi connectivity index (χ2v) is 3.97. The van der Waals surface area contributed by atoms with E-state index < -0.39 is 0 Å². The van der Waals surface area contributed by atoms with Crippen LogP contribution in [0.5, 0.6) is 5.75 Å². The summed E-state index contributed by atoms with van der Waals surface area (Å²) in [6, 6.07) is 7.93. The third-order valence-electron chi connectivity index (χ3n) is 1.94. The predicted molar refractivity (Wildman–Crippen MR) is 65.6 cm³/mol. The highest BCUT2D eigenvalue weighted by Crippen LogP contribution is 2.14. The van der Waals surface area contributed by atoms with Crippen molar-refractivity contribution in [3.63, 3.8) is 0 Å². The van der Waals surface area contributed by atoms with Crippen molar-refractivity contribution in [2.45, 2.75) is 6.42 Å². The zero-order valence-corrected chi connectivity index (χ0v) is 9.97. The summed E-state index contributed by atoms with van der Waals surface area (Å²) in [5, 5.41) is 3.33. The first-order chi connectivity index (χ1) is 7.36. The Hall–Kier alpha value is -0.870. The van der Waals surface area contributed by atoms with Crippen LogP contribution in [0.15, 0.2) is 24.3 Å². The van der Waals surface area contributed by atoms with E-state index in [4.69, 9.17) is 8.92 Å². The molecule has 0 saturated carbocycles. The molecule has 1 N–H and O–H groups in total. The molecule has 0 aromatic heterocycles. The summed E-state index contributed by atoms with van der Waals surface area (Å²) in [4.78, 5) is 0. The molecule has 0 radical (unpaired) electrons. The SMILES string of the molecule is COSCCCNc1ccc(OC)cc1. The van der Waals surface area contributed by atoms with Gasteiger partial charge in [-0.05, 0) is 42.7 Å². The minimum atomic E-state index is 0.885. The second kappa shape index (κ2) is 7.43. The summed E-state index contributed by atoms with van der Waals surface area (Å²) in [5.74, 6) is 1.90. The lowest BCUT2D eigenvalue weighted by Crippen LogP contribution is -2.02. The molecule has 0 aliphatic heterocycles. The lowest BCUT2D eigenvalue weighted by atomic mass is 10.3. The van der Waals surface area contributed by atoms with Crippen LogP contribution in [-0.2, 0) is 4.18 Å². The molecule has 15 heavy (non-hydrogen) atoms. The van der Waals surface area contributed by atoms with Crippen molar-refractivity contribution in [3.05, 3.63) is 24.3 Å². The molecule has 0 bridgehead atoms. The molecule has 1 aromatic carbocycles. The van der Waals surface area contributed by atoms with Crippen molar-refractivity contribution < 1.29 is 8.92 Å². The van der Waals surface area contributed by atoms with Crippen molar-refractivity contribution in [2.75, 3.05) is 31.8 Å². The number of hydrogen-bond acceptors (Lipinski definition) is 4. The summed E-state index contributed by atoms with van der Waals surface area (Å²) < 4.78 is 9.98. The van der Waals surface area contributed by atoms with Gasteiger partial charge in [0, 0.05) is 18.0 Å². The van der Waals surface area contributed by atoms with E-state index in [2.05, 4.69) is 5.32 Å². The number of benzene rings is 1. The summed E-state index contributed by atoms with van der Waals surface area (Å²) in [5.41, 5.74) is 1.12. The maximum Gasteiger partial charge on any atom is 0.119 e. The highest BCUT2D eigenvalue weighted by Gasteiger charge is 1.93. The summed E-state index contributed by atoms with van der Waals surface area (Å²) in [6.07, 6.45) is 1.09. The highest BCUT2D eigenvalue weighted by molar-refractivity contribution is 7.94. The molecule has 1 aromatic rings. The van der Waals surface area contributed by atoms with Gasteiger partial charge < -0.3 is 14.2 Å². The van der Waals surface area contributed by atoms with Gasteiger partial charge in [0.05, 0.1) is 14.2 Å². The minimum Gasteiger partial charge on any atom is -0.497 e. The van der Waals surface area contributed by atoms with Crippen LogP contribution in [0.1, 0.15) is 6.42 Å². The fourth-order valence-electron chi connectivity index (χ4n) is 1.16. The van der Waals surface area contributed by atoms with E-state index in [1.807, 2.05) is 24.3 Å². The Bertz CT molecular complexity index is 264. The topological polar surface area (TPSA) is 30.5 Å². The van der Waals surface area contributed by atoms with Crippen LogP contribution >= 0.6 is 12.0 Å². The molecule has 0 atom stereocenters. The Morgan fingerprint density at radius 2 is 1.93 bits per heavy atom. The van der Waals surface area contributed by atoms with E-state index in [1.165, 1.54) is 12.0 Å². The van der Waals surface area contributed by atoms with Gasteiger partial charge in [-0.1, -0.05) is 0 Å². The molecule has 0 unspecified atom stereocenters. The summed E-state index contributed by atoms with van der Waals surface area (Å²) >= 11 is 1.49. The van der Waals surface area contributed by atoms with Crippen LogP contribution in [0.25, 0.3) is 0 Å². The van der Waals surface area contributed by atoms with Crippen LogP contribution < -0.4 is 10.1 Å². The van der Waals surface area contributed by atoms with E-state index >= 15 is 0 Å². The number of nitrogens with one attached hydrogen (secondary N) is 1. The smallest absolute Gasteiger partial charge is 0.119 e. The third-order valence-corrected chi connectivity index (χ3v) is 2.63. The zero-order chi connectivity index (χ0) is 10.9. The summed E-state index contributed by atoms with van der Waals surface area (Å²) in [6.45, 7) is 0.961. The van der Waals surface area contributed by atoms with E-state index in [0.717, 1.165) is 30.2 Å². The zero-order valence-electron chi connectivity index (χ0n) is 9.16. The van der Waals surface area contributed by atoms with E-state index in [9.17, 15) is 0 Å². The van der Waals surface area contributed by atoms with Gasteiger partial charge in [0.1, 0.15) is 5.75 Å². The molecule has 1 rings (SSSR count). The number of rotatable bonds is 7. The molecule has 0 heterocycles. The van der Waals surface area contributed by atoms with Gasteiger partial charge >= 0.3 is 0 Å². The Kier molecular flexibility index (Phi) is 6.04. The molecule has 0 aliphatic carbocycles. The largest absolute Gasteiger partial charge is 0.497 e. The van der Waals surface area contributed by atoms with Gasteiger partial charge in [0.25, 0.3) is 0 Å². The molecular formula is C11H17NO2S. The van der Waals surface area contributed by atoms with Crippen LogP contribution in [-0.4, -0.2) is 26.5 Å². The van der Waals surface area contributed by atoms with Gasteiger partial charge in [-0.3, -0.25) is 0 Å². The van der Waals surface area contributed by atoms with Crippen LogP contribution in [0.3, 0.4) is 0 Å². The molecular weight excluding hydrogens is 210 g/mol. The van der Waals surface area contributed by atoms with E-state index in [-0.39, 0.29) is 0 Å². The maximum atomic E-state index is 5.08. The molecule has 0 amide bonds. The van der Waals surface area contributed by atoms with Gasteiger partial charge in [-0.2, -0.15) is 0 Å². The van der Waals surface area contributed by atoms with E-state index in [0.29, 0.717) is 0 Å². The normalized spacial score (nSPS) is 10.0. The van der Waals surface area contributed by atoms with Gasteiger partial charge in [-0.25, -0.2) is 0 Å². The Morgan fingerprint density at radius 3 is 2.53 bits per heavy atom. The van der Waals surface area contributed by atoms with Gasteiger partial charge in [0.2, 0.25) is 0 Å². The molecule has 3 nitrogen and oxygen atoms in total. The molecule has 84 valence electrons. The van der Waals surface area contributed by atoms with Crippen molar-refractivity contribution in [3.8, 4) is 5.75 Å². The van der Waals surface area contributed by atoms with Crippen molar-refractivity contribution in [2.24, 2.45) is 0 Å². The average Bonchev–Trinajstić information content (AvgIpc) is 2.30. The standard InChI is InChI=1S/C11H17NO2S/c1-13-11-6-4-10(5-7-11)12-8-3-9-15-14-2/h4-7,12H,3,8-9H2,1-2H3. The number of methoxy groups -OCH3 is 1. The maximum absolute atomic E-state index is 5.08. The average molecular weight is 227 g/mol. The van der Waals surface area contributed by atoms with Gasteiger partial charge in [0.15, 0.2) is 0 Å². The number of anilines is 1. The molecule has 0 fully saturated rings. The quantitative estimate of drug-likeness (QED) is 0.573. The molecule has 4 heteroatoms. The first kappa shape index (κ1) is 12.2. The van der Waals surface area contributed by atoms with Crippen LogP contribution in [0.2, 0.25) is 0 Å². The Balaban J connectivity index is 2.20. The minimum absolute atomic E-state index is 0.885. The third kappa shape index (κ3) is 4.95. The first-order valence-electron chi connectivity index (χ1n) is 4.90. The molecule has 0 aliphatic rings. The first-order valence-corrected chi connectivity index (χ1v) is 5.81. The van der Waals surface area contributed by atoms with Crippen molar-refractivity contribution >= 4 is 17.7 Å². The van der Waals surface area contributed by atoms with Crippen LogP contribution in [0, 0.1) is 0 Å². The fraction of sp³-hybridized carbons (Fsp3) is 0.455. The predicted octanol–water partition coefficient (Wildman–Crippen LogP) is 2.79. The lowest BCUT2D eigenvalue weighted by molar-refractivity contribution is 0.415. The number of hydrogen-bond donors (Lipinski definition) is 1. The number of ether oxygens (including phenoxy) is 1. The van der Waals surface area contributed by atoms with Crippen molar-refractivity contribution in [1.29, 1.82) is 0 Å². The fourth-order valence-corrected chi connectivity index (χ4v) is 1.58. The highest BCUT2D eigenvalue weighted by atomic mass is 32.2. The Morgan fingerprint density at radius 1 is 1.20 bits per heavy atom. The molecule has 0 saturated heterocycles. The van der Waals surface area contributed by atoms with Crippen molar-refractivity contribution in [1.82, 2.24) is 0 Å². The lowest BCUT2D eigenvalue weighted by Gasteiger charge is -2.06. The second-order valence-electron chi connectivity index (χ2n) is 3.00. The monoisotopic (exact) mass is 227 g/mol. The summed E-state index contributed by atoms with van der Waals surface area (Å²) in [7, 11) is 3.37. The molecule has 0 spiro atoms. The Labute approximate surface area is 95.4 Å². The van der Waals surface area contributed by atoms with E-state index in [1.54, 1.807) is 14.2 Å². The van der Waals surface area contributed by atoms with Gasteiger partial charge in [-0.15, -0.1) is 0 Å². The van der Waals surface area contributed by atoms with Crippen LogP contribution in [0.4, 0.5) is 5.69 Å².